The van der Waals surface area contributed by atoms with Gasteiger partial charge < -0.3 is 10.4 Å². The number of amides is 1. The molecule has 1 aliphatic carbocycles. The molecule has 0 aromatic heterocycles. The highest BCUT2D eigenvalue weighted by molar-refractivity contribution is 8.01. The largest absolute Gasteiger partial charge is 0.388 e. The topological polar surface area (TPSA) is 49.3 Å². The molecule has 0 saturated heterocycles. The molecule has 1 saturated carbocycles. The summed E-state index contributed by atoms with van der Waals surface area (Å²) in [6, 6.07) is 0. The maximum atomic E-state index is 11.7. The fraction of sp³-hybridized carbons (Fsp3) is 0.929. The summed E-state index contributed by atoms with van der Waals surface area (Å²) in [6.07, 6.45) is 6.19. The van der Waals surface area contributed by atoms with E-state index in [0.717, 1.165) is 25.7 Å². The number of thioether (sulfide) groups is 1. The highest BCUT2D eigenvalue weighted by Crippen LogP contribution is 2.26. The second kappa shape index (κ2) is 6.80. The minimum Gasteiger partial charge on any atom is -0.388 e. The lowest BCUT2D eigenvalue weighted by Gasteiger charge is -2.27. The van der Waals surface area contributed by atoms with E-state index in [0.29, 0.717) is 12.3 Å². The van der Waals surface area contributed by atoms with Crippen LogP contribution in [0.3, 0.4) is 0 Å². The lowest BCUT2D eigenvalue weighted by molar-refractivity contribution is -0.120. The Hall–Kier alpha value is -0.220. The van der Waals surface area contributed by atoms with E-state index in [2.05, 4.69) is 26.1 Å². The molecular weight excluding hydrogens is 246 g/mol. The first kappa shape index (κ1) is 15.8. The number of hydrogen-bond donors (Lipinski definition) is 2. The Bertz CT molecular complexity index is 265. The average Bonchev–Trinajstić information content (AvgIpc) is 2.48. The van der Waals surface area contributed by atoms with Crippen molar-refractivity contribution in [3.8, 4) is 0 Å². The molecule has 4 heteroatoms. The quantitative estimate of drug-likeness (QED) is 0.774. The molecule has 0 aromatic rings. The van der Waals surface area contributed by atoms with Crippen molar-refractivity contribution in [1.82, 2.24) is 5.32 Å². The van der Waals surface area contributed by atoms with Crippen molar-refractivity contribution in [2.75, 3.05) is 12.3 Å². The molecule has 1 amide bonds. The number of nitrogens with one attached hydrogen (secondary N) is 1. The van der Waals surface area contributed by atoms with E-state index >= 15 is 0 Å². The Morgan fingerprint density at radius 2 is 1.78 bits per heavy atom. The van der Waals surface area contributed by atoms with Crippen LogP contribution in [0.25, 0.3) is 0 Å². The monoisotopic (exact) mass is 273 g/mol. The molecular formula is C14H27NO2S. The molecule has 0 radical (unpaired) electrons. The number of rotatable bonds is 4. The predicted octanol–water partition coefficient (Wildman–Crippen LogP) is 2.72. The van der Waals surface area contributed by atoms with E-state index in [-0.39, 0.29) is 10.7 Å². The molecule has 2 N–H and O–H groups in total. The van der Waals surface area contributed by atoms with Crippen LogP contribution in [0.4, 0.5) is 0 Å². The summed E-state index contributed by atoms with van der Waals surface area (Å²) < 4.78 is 0.108. The zero-order valence-electron chi connectivity index (χ0n) is 11.9. The third-order valence-corrected chi connectivity index (χ3v) is 4.56. The Labute approximate surface area is 115 Å². The van der Waals surface area contributed by atoms with Crippen LogP contribution >= 0.6 is 11.8 Å². The van der Waals surface area contributed by atoms with E-state index in [1.807, 2.05) is 0 Å². The van der Waals surface area contributed by atoms with Gasteiger partial charge in [0.25, 0.3) is 0 Å². The first-order valence-corrected chi connectivity index (χ1v) is 7.92. The number of aliphatic hydroxyl groups is 1. The van der Waals surface area contributed by atoms with Gasteiger partial charge in [0.15, 0.2) is 0 Å². The third-order valence-electron chi connectivity index (χ3n) is 3.29. The molecule has 0 aliphatic heterocycles. The smallest absolute Gasteiger partial charge is 0.230 e. The molecule has 0 spiro atoms. The van der Waals surface area contributed by atoms with Crippen LogP contribution in [0.2, 0.25) is 0 Å². The predicted molar refractivity (Wildman–Crippen MR) is 77.9 cm³/mol. The van der Waals surface area contributed by atoms with Crippen molar-refractivity contribution in [1.29, 1.82) is 0 Å². The number of carbonyl (C=O) groups is 1. The van der Waals surface area contributed by atoms with Crippen LogP contribution in [0.5, 0.6) is 0 Å². The molecule has 0 heterocycles. The zero-order valence-corrected chi connectivity index (χ0v) is 12.7. The van der Waals surface area contributed by atoms with Crippen LogP contribution in [0.15, 0.2) is 0 Å². The fourth-order valence-electron chi connectivity index (χ4n) is 2.16. The van der Waals surface area contributed by atoms with Crippen molar-refractivity contribution in [3.63, 3.8) is 0 Å². The SMILES string of the molecule is CC(C)(C)SCC(=O)NCC1(O)CCCCCC1. The molecule has 1 aliphatic rings. The lowest BCUT2D eigenvalue weighted by atomic mass is 9.94. The van der Waals surface area contributed by atoms with Gasteiger partial charge in [-0.25, -0.2) is 0 Å². The molecule has 18 heavy (non-hydrogen) atoms. The second-order valence-corrected chi connectivity index (χ2v) is 8.12. The zero-order chi connectivity index (χ0) is 13.6. The maximum absolute atomic E-state index is 11.7. The molecule has 1 fully saturated rings. The summed E-state index contributed by atoms with van der Waals surface area (Å²) in [6.45, 7) is 6.72. The first-order chi connectivity index (χ1) is 8.31. The van der Waals surface area contributed by atoms with Crippen LogP contribution in [-0.4, -0.2) is 33.7 Å². The molecule has 1 rings (SSSR count). The van der Waals surface area contributed by atoms with Crippen molar-refractivity contribution >= 4 is 17.7 Å². The van der Waals surface area contributed by atoms with Gasteiger partial charge in [0.05, 0.1) is 11.4 Å². The van der Waals surface area contributed by atoms with Crippen LogP contribution in [-0.2, 0) is 4.79 Å². The van der Waals surface area contributed by atoms with Gasteiger partial charge in [-0.05, 0) is 12.8 Å². The summed E-state index contributed by atoms with van der Waals surface area (Å²) in [4.78, 5) is 11.7. The van der Waals surface area contributed by atoms with Crippen molar-refractivity contribution in [3.05, 3.63) is 0 Å². The van der Waals surface area contributed by atoms with Gasteiger partial charge in [-0.15, -0.1) is 11.8 Å². The molecule has 0 unspecified atom stereocenters. The van der Waals surface area contributed by atoms with Crippen molar-refractivity contribution in [2.45, 2.75) is 69.6 Å². The van der Waals surface area contributed by atoms with Crippen LogP contribution in [0, 0.1) is 0 Å². The number of hydrogen-bond acceptors (Lipinski definition) is 3. The van der Waals surface area contributed by atoms with Crippen LogP contribution in [0.1, 0.15) is 59.3 Å². The molecule has 0 aromatic carbocycles. The fourth-order valence-corrected chi connectivity index (χ4v) is 2.83. The Morgan fingerprint density at radius 1 is 1.22 bits per heavy atom. The van der Waals surface area contributed by atoms with E-state index in [1.54, 1.807) is 11.8 Å². The van der Waals surface area contributed by atoms with Gasteiger partial charge in [0.2, 0.25) is 5.91 Å². The van der Waals surface area contributed by atoms with Gasteiger partial charge >= 0.3 is 0 Å². The maximum Gasteiger partial charge on any atom is 0.230 e. The Balaban J connectivity index is 2.28. The first-order valence-electron chi connectivity index (χ1n) is 6.94. The number of carbonyl (C=O) groups excluding carboxylic acids is 1. The molecule has 0 bridgehead atoms. The van der Waals surface area contributed by atoms with E-state index in [4.69, 9.17) is 0 Å². The standard InChI is InChI=1S/C14H27NO2S/c1-13(2,3)18-10-12(16)15-11-14(17)8-6-4-5-7-9-14/h17H,4-11H2,1-3H3,(H,15,16). The van der Waals surface area contributed by atoms with Crippen molar-refractivity contribution in [2.24, 2.45) is 0 Å². The second-order valence-electron chi connectivity index (χ2n) is 6.32. The Morgan fingerprint density at radius 3 is 2.28 bits per heavy atom. The third kappa shape index (κ3) is 6.64. The van der Waals surface area contributed by atoms with E-state index in [1.165, 1.54) is 12.8 Å². The molecule has 106 valence electrons. The van der Waals surface area contributed by atoms with Gasteiger partial charge in [-0.1, -0.05) is 46.5 Å². The Kier molecular flexibility index (Phi) is 5.99. The van der Waals surface area contributed by atoms with E-state index in [9.17, 15) is 9.90 Å². The minimum absolute atomic E-state index is 0.0348. The summed E-state index contributed by atoms with van der Waals surface area (Å²) in [7, 11) is 0. The van der Waals surface area contributed by atoms with E-state index < -0.39 is 5.60 Å². The van der Waals surface area contributed by atoms with Crippen molar-refractivity contribution < 1.29 is 9.90 Å². The molecule has 3 nitrogen and oxygen atoms in total. The normalized spacial score (nSPS) is 20.2. The van der Waals surface area contributed by atoms with Gasteiger partial charge in [-0.3, -0.25) is 4.79 Å². The minimum atomic E-state index is -0.668. The molecule has 0 atom stereocenters. The highest BCUT2D eigenvalue weighted by atomic mass is 32.2. The summed E-state index contributed by atoms with van der Waals surface area (Å²) in [5.74, 6) is 0.507. The summed E-state index contributed by atoms with van der Waals surface area (Å²) in [5.41, 5.74) is -0.668. The summed E-state index contributed by atoms with van der Waals surface area (Å²) >= 11 is 1.64. The van der Waals surface area contributed by atoms with Gasteiger partial charge in [0, 0.05) is 11.3 Å². The van der Waals surface area contributed by atoms with Crippen LogP contribution < -0.4 is 5.32 Å². The summed E-state index contributed by atoms with van der Waals surface area (Å²) in [5, 5.41) is 13.3. The highest BCUT2D eigenvalue weighted by Gasteiger charge is 2.28. The lowest BCUT2D eigenvalue weighted by Crippen LogP contribution is -2.43. The van der Waals surface area contributed by atoms with Gasteiger partial charge in [-0.2, -0.15) is 0 Å². The average molecular weight is 273 g/mol. The van der Waals surface area contributed by atoms with Gasteiger partial charge in [0.1, 0.15) is 0 Å².